The molecule has 1 fully saturated rings. The summed E-state index contributed by atoms with van der Waals surface area (Å²) in [6.07, 6.45) is 5.65. The lowest BCUT2D eigenvalue weighted by molar-refractivity contribution is -0.135. The molecule has 0 radical (unpaired) electrons. The third kappa shape index (κ3) is 8.31. The van der Waals surface area contributed by atoms with Gasteiger partial charge in [0, 0.05) is 25.6 Å². The van der Waals surface area contributed by atoms with Crippen molar-refractivity contribution in [2.75, 3.05) is 27.3 Å². The van der Waals surface area contributed by atoms with Crippen molar-refractivity contribution in [1.82, 2.24) is 10.2 Å². The standard InChI is InChI=1S/C24H38N2O5/c1-24(2,3)31-23(28)25-15-8-10-22(27)26-16-7-6-9-19(26)13-11-18-12-14-20(29-4)21(17-18)30-5/h12,14,17,19H,6-11,13,15-16H2,1-5H3,(H,25,28). The van der Waals surface area contributed by atoms with E-state index in [1.54, 1.807) is 14.2 Å². The maximum Gasteiger partial charge on any atom is 0.407 e. The third-order valence-corrected chi connectivity index (χ3v) is 5.40. The van der Waals surface area contributed by atoms with Crippen molar-refractivity contribution < 1.29 is 23.8 Å². The van der Waals surface area contributed by atoms with Crippen molar-refractivity contribution in [3.05, 3.63) is 23.8 Å². The van der Waals surface area contributed by atoms with E-state index in [4.69, 9.17) is 14.2 Å². The van der Waals surface area contributed by atoms with Crippen LogP contribution in [0.15, 0.2) is 18.2 Å². The van der Waals surface area contributed by atoms with Gasteiger partial charge in [0.15, 0.2) is 11.5 Å². The number of benzene rings is 1. The minimum atomic E-state index is -0.519. The topological polar surface area (TPSA) is 77.1 Å². The molecule has 1 aromatic rings. The number of rotatable bonds is 9. The van der Waals surface area contributed by atoms with Gasteiger partial charge >= 0.3 is 6.09 Å². The molecule has 1 aliphatic heterocycles. The molecule has 0 aliphatic carbocycles. The SMILES string of the molecule is COc1ccc(CCC2CCCCN2C(=O)CCCNC(=O)OC(C)(C)C)cc1OC. The van der Waals surface area contributed by atoms with Gasteiger partial charge < -0.3 is 24.4 Å². The molecule has 7 nitrogen and oxygen atoms in total. The Morgan fingerprint density at radius 1 is 1.13 bits per heavy atom. The van der Waals surface area contributed by atoms with E-state index in [1.165, 1.54) is 5.56 Å². The molecule has 1 aromatic carbocycles. The van der Waals surface area contributed by atoms with Crippen LogP contribution in [-0.4, -0.2) is 55.9 Å². The van der Waals surface area contributed by atoms with Crippen LogP contribution in [0.5, 0.6) is 11.5 Å². The zero-order valence-electron chi connectivity index (χ0n) is 19.7. The number of amides is 2. The number of nitrogens with one attached hydrogen (secondary N) is 1. The summed E-state index contributed by atoms with van der Waals surface area (Å²) in [6.45, 7) is 6.73. The Hall–Kier alpha value is -2.44. The fourth-order valence-electron chi connectivity index (χ4n) is 3.89. The Bertz CT molecular complexity index is 729. The number of methoxy groups -OCH3 is 2. The second kappa shape index (κ2) is 11.8. The van der Waals surface area contributed by atoms with Crippen LogP contribution >= 0.6 is 0 Å². The molecule has 2 amide bonds. The van der Waals surface area contributed by atoms with Crippen LogP contribution in [0.25, 0.3) is 0 Å². The number of carbonyl (C=O) groups excluding carboxylic acids is 2. The van der Waals surface area contributed by atoms with Crippen molar-refractivity contribution in [2.45, 2.75) is 77.4 Å². The number of likely N-dealkylation sites (tertiary alicyclic amines) is 1. The van der Waals surface area contributed by atoms with Gasteiger partial charge in [-0.3, -0.25) is 4.79 Å². The molecule has 0 bridgehead atoms. The minimum Gasteiger partial charge on any atom is -0.493 e. The van der Waals surface area contributed by atoms with Gasteiger partial charge in [-0.2, -0.15) is 0 Å². The molecule has 2 rings (SSSR count). The average Bonchev–Trinajstić information content (AvgIpc) is 2.73. The maximum atomic E-state index is 12.8. The number of carbonyl (C=O) groups is 2. The summed E-state index contributed by atoms with van der Waals surface area (Å²) < 4.78 is 15.9. The molecule has 174 valence electrons. The molecule has 31 heavy (non-hydrogen) atoms. The highest BCUT2D eigenvalue weighted by molar-refractivity contribution is 5.76. The molecule has 1 N–H and O–H groups in total. The molecule has 1 aliphatic rings. The molecule has 1 unspecified atom stereocenters. The van der Waals surface area contributed by atoms with Crippen LogP contribution < -0.4 is 14.8 Å². The van der Waals surface area contributed by atoms with Gasteiger partial charge in [0.05, 0.1) is 14.2 Å². The minimum absolute atomic E-state index is 0.169. The van der Waals surface area contributed by atoms with Gasteiger partial charge in [0.1, 0.15) is 5.60 Å². The van der Waals surface area contributed by atoms with E-state index in [1.807, 2.05) is 37.8 Å². The summed E-state index contributed by atoms with van der Waals surface area (Å²) in [5.41, 5.74) is 0.659. The molecule has 1 heterocycles. The van der Waals surface area contributed by atoms with E-state index in [0.717, 1.165) is 50.1 Å². The molecule has 1 atom stereocenters. The third-order valence-electron chi connectivity index (χ3n) is 5.40. The summed E-state index contributed by atoms with van der Waals surface area (Å²) in [5, 5.41) is 2.72. The van der Waals surface area contributed by atoms with Gasteiger partial charge in [-0.05, 0) is 77.0 Å². The van der Waals surface area contributed by atoms with Crippen LogP contribution in [0.3, 0.4) is 0 Å². The highest BCUT2D eigenvalue weighted by atomic mass is 16.6. The number of hydrogen-bond donors (Lipinski definition) is 1. The van der Waals surface area contributed by atoms with E-state index < -0.39 is 11.7 Å². The Kier molecular flexibility index (Phi) is 9.46. The lowest BCUT2D eigenvalue weighted by Crippen LogP contribution is -2.44. The van der Waals surface area contributed by atoms with Crippen molar-refractivity contribution in [2.24, 2.45) is 0 Å². The highest BCUT2D eigenvalue weighted by Crippen LogP contribution is 2.29. The second-order valence-corrected chi connectivity index (χ2v) is 9.00. The first-order chi connectivity index (χ1) is 14.7. The second-order valence-electron chi connectivity index (χ2n) is 9.00. The molecular weight excluding hydrogens is 396 g/mol. The number of piperidine rings is 1. The Morgan fingerprint density at radius 3 is 2.55 bits per heavy atom. The number of aryl methyl sites for hydroxylation is 1. The van der Waals surface area contributed by atoms with Gasteiger partial charge in [0.25, 0.3) is 0 Å². The summed E-state index contributed by atoms with van der Waals surface area (Å²) >= 11 is 0. The highest BCUT2D eigenvalue weighted by Gasteiger charge is 2.26. The van der Waals surface area contributed by atoms with Crippen LogP contribution in [0.2, 0.25) is 0 Å². The fourth-order valence-corrected chi connectivity index (χ4v) is 3.89. The van der Waals surface area contributed by atoms with Crippen LogP contribution in [0.4, 0.5) is 4.79 Å². The summed E-state index contributed by atoms with van der Waals surface area (Å²) in [6, 6.07) is 6.25. The van der Waals surface area contributed by atoms with Gasteiger partial charge in [-0.1, -0.05) is 6.07 Å². The monoisotopic (exact) mass is 434 g/mol. The quantitative estimate of drug-likeness (QED) is 0.586. The number of nitrogens with zero attached hydrogens (tertiary/aromatic N) is 1. The van der Waals surface area contributed by atoms with Crippen molar-refractivity contribution >= 4 is 12.0 Å². The lowest BCUT2D eigenvalue weighted by atomic mass is 9.95. The van der Waals surface area contributed by atoms with Crippen molar-refractivity contribution in [3.63, 3.8) is 0 Å². The Morgan fingerprint density at radius 2 is 1.87 bits per heavy atom. The summed E-state index contributed by atoms with van der Waals surface area (Å²) in [4.78, 5) is 26.6. The summed E-state index contributed by atoms with van der Waals surface area (Å²) in [5.74, 6) is 1.62. The maximum absolute atomic E-state index is 12.8. The van der Waals surface area contributed by atoms with E-state index in [-0.39, 0.29) is 11.9 Å². The molecular formula is C24H38N2O5. The molecule has 1 saturated heterocycles. The van der Waals surface area contributed by atoms with E-state index in [0.29, 0.717) is 19.4 Å². The normalized spacial score (nSPS) is 16.5. The van der Waals surface area contributed by atoms with Gasteiger partial charge in [-0.15, -0.1) is 0 Å². The number of alkyl carbamates (subject to hydrolysis) is 1. The molecule has 7 heteroatoms. The first-order valence-electron chi connectivity index (χ1n) is 11.2. The number of ether oxygens (including phenoxy) is 3. The average molecular weight is 435 g/mol. The molecule has 0 saturated carbocycles. The molecule has 0 aromatic heterocycles. The van der Waals surface area contributed by atoms with Gasteiger partial charge in [-0.25, -0.2) is 4.79 Å². The predicted molar refractivity (Wildman–Crippen MR) is 121 cm³/mol. The van der Waals surface area contributed by atoms with E-state index in [9.17, 15) is 9.59 Å². The van der Waals surface area contributed by atoms with Crippen LogP contribution in [0, 0.1) is 0 Å². The number of hydrogen-bond acceptors (Lipinski definition) is 5. The van der Waals surface area contributed by atoms with Gasteiger partial charge in [0.2, 0.25) is 5.91 Å². The van der Waals surface area contributed by atoms with Crippen molar-refractivity contribution in [3.8, 4) is 11.5 Å². The van der Waals surface area contributed by atoms with Crippen LogP contribution in [-0.2, 0) is 16.0 Å². The Labute approximate surface area is 186 Å². The first kappa shape index (κ1) is 24.8. The molecule has 0 spiro atoms. The summed E-state index contributed by atoms with van der Waals surface area (Å²) in [7, 11) is 3.27. The zero-order chi connectivity index (χ0) is 22.9. The Balaban J connectivity index is 1.82. The van der Waals surface area contributed by atoms with Crippen molar-refractivity contribution in [1.29, 1.82) is 0 Å². The largest absolute Gasteiger partial charge is 0.493 e. The first-order valence-corrected chi connectivity index (χ1v) is 11.2. The van der Waals surface area contributed by atoms with Crippen LogP contribution in [0.1, 0.15) is 64.9 Å². The zero-order valence-corrected chi connectivity index (χ0v) is 19.7. The fraction of sp³-hybridized carbons (Fsp3) is 0.667. The predicted octanol–water partition coefficient (Wildman–Crippen LogP) is 4.32. The smallest absolute Gasteiger partial charge is 0.407 e. The lowest BCUT2D eigenvalue weighted by Gasteiger charge is -2.36. The van der Waals surface area contributed by atoms with E-state index >= 15 is 0 Å². The van der Waals surface area contributed by atoms with E-state index in [2.05, 4.69) is 11.4 Å².